The van der Waals surface area contributed by atoms with Crippen molar-refractivity contribution in [2.45, 2.75) is 16.3 Å². The largest absolute Gasteiger partial charge is 0.355 e. The van der Waals surface area contributed by atoms with E-state index in [1.54, 1.807) is 6.07 Å². The minimum atomic E-state index is -3.49. The van der Waals surface area contributed by atoms with E-state index in [-0.39, 0.29) is 16.6 Å². The predicted molar refractivity (Wildman–Crippen MR) is 104 cm³/mol. The zero-order valence-electron chi connectivity index (χ0n) is 14.5. The Labute approximate surface area is 163 Å². The molecular formula is C17H20ClN3O3S2. The van der Waals surface area contributed by atoms with E-state index in [1.165, 1.54) is 38.1 Å². The summed E-state index contributed by atoms with van der Waals surface area (Å²) in [7, 11) is -0.563. The third-order valence-electron chi connectivity index (χ3n) is 3.49. The average molecular weight is 414 g/mol. The Morgan fingerprint density at radius 3 is 2.46 bits per heavy atom. The lowest BCUT2D eigenvalue weighted by Crippen LogP contribution is -2.27. The van der Waals surface area contributed by atoms with Gasteiger partial charge in [0, 0.05) is 31.9 Å². The lowest BCUT2D eigenvalue weighted by atomic mass is 10.1. The van der Waals surface area contributed by atoms with Crippen LogP contribution in [0.4, 0.5) is 0 Å². The van der Waals surface area contributed by atoms with Crippen molar-refractivity contribution in [3.8, 4) is 0 Å². The lowest BCUT2D eigenvalue weighted by molar-refractivity contribution is -0.118. The van der Waals surface area contributed by atoms with Gasteiger partial charge in [0.25, 0.3) is 0 Å². The van der Waals surface area contributed by atoms with E-state index in [1.807, 2.05) is 24.3 Å². The number of amides is 1. The summed E-state index contributed by atoms with van der Waals surface area (Å²) in [5, 5.41) is 4.12. The molecule has 0 aliphatic carbocycles. The molecule has 1 N–H and O–H groups in total. The minimum Gasteiger partial charge on any atom is -0.355 e. The number of hydrogen-bond acceptors (Lipinski definition) is 5. The molecule has 0 radical (unpaired) electrons. The summed E-state index contributed by atoms with van der Waals surface area (Å²) in [4.78, 5) is 16.1. The van der Waals surface area contributed by atoms with Crippen LogP contribution >= 0.6 is 23.4 Å². The summed E-state index contributed by atoms with van der Waals surface area (Å²) in [5.41, 5.74) is 1.10. The van der Waals surface area contributed by atoms with Gasteiger partial charge in [-0.05, 0) is 36.2 Å². The molecular weight excluding hydrogens is 394 g/mol. The third-order valence-corrected chi connectivity index (χ3v) is 6.48. The summed E-state index contributed by atoms with van der Waals surface area (Å²) in [6.45, 7) is 0.536. The molecule has 1 aromatic carbocycles. The number of rotatable bonds is 8. The molecule has 140 valence electrons. The van der Waals surface area contributed by atoms with E-state index in [9.17, 15) is 13.2 Å². The van der Waals surface area contributed by atoms with Crippen LogP contribution in [0.1, 0.15) is 5.56 Å². The van der Waals surface area contributed by atoms with Gasteiger partial charge in [-0.15, -0.1) is 0 Å². The number of hydrogen-bond donors (Lipinski definition) is 1. The molecule has 0 saturated heterocycles. The van der Waals surface area contributed by atoms with Gasteiger partial charge in [-0.25, -0.2) is 17.7 Å². The molecule has 0 aliphatic rings. The zero-order valence-corrected chi connectivity index (χ0v) is 16.9. The second-order valence-corrected chi connectivity index (χ2v) is 9.22. The number of pyridine rings is 1. The van der Waals surface area contributed by atoms with Gasteiger partial charge in [0.05, 0.1) is 10.8 Å². The zero-order chi connectivity index (χ0) is 19.2. The van der Waals surface area contributed by atoms with Gasteiger partial charge in [-0.2, -0.15) is 0 Å². The van der Waals surface area contributed by atoms with Crippen LogP contribution in [0.15, 0.2) is 52.5 Å². The summed E-state index contributed by atoms with van der Waals surface area (Å²) in [6, 6.07) is 10.6. The Hall–Kier alpha value is -1.61. The molecule has 2 rings (SSSR count). The van der Waals surface area contributed by atoms with Crippen molar-refractivity contribution in [3.63, 3.8) is 0 Å². The molecule has 0 atom stereocenters. The van der Waals surface area contributed by atoms with Crippen LogP contribution in [0.25, 0.3) is 0 Å². The molecule has 1 aromatic heterocycles. The number of thioether (sulfide) groups is 1. The second-order valence-electron chi connectivity index (χ2n) is 5.63. The van der Waals surface area contributed by atoms with Gasteiger partial charge in [0.1, 0.15) is 4.90 Å². The number of carbonyl (C=O) groups is 1. The Kier molecular flexibility index (Phi) is 7.45. The first-order valence-corrected chi connectivity index (χ1v) is 10.6. The van der Waals surface area contributed by atoms with Crippen molar-refractivity contribution >= 4 is 39.3 Å². The van der Waals surface area contributed by atoms with Crippen LogP contribution in [0, 0.1) is 0 Å². The molecule has 0 bridgehead atoms. The fraction of sp³-hybridized carbons (Fsp3) is 0.294. The molecule has 0 unspecified atom stereocenters. The van der Waals surface area contributed by atoms with E-state index >= 15 is 0 Å². The third kappa shape index (κ3) is 5.98. The molecule has 1 amide bonds. The molecule has 26 heavy (non-hydrogen) atoms. The van der Waals surface area contributed by atoms with Crippen LogP contribution in [-0.4, -0.2) is 50.0 Å². The summed E-state index contributed by atoms with van der Waals surface area (Å²) in [6.07, 6.45) is 2.03. The van der Waals surface area contributed by atoms with Crippen molar-refractivity contribution in [1.29, 1.82) is 0 Å². The maximum Gasteiger partial charge on any atom is 0.244 e. The molecule has 0 spiro atoms. The second kappa shape index (κ2) is 9.36. The average Bonchev–Trinajstić information content (AvgIpc) is 2.62. The maximum atomic E-state index is 12.0. The Balaban J connectivity index is 1.77. The van der Waals surface area contributed by atoms with Crippen molar-refractivity contribution in [2.24, 2.45) is 0 Å². The van der Waals surface area contributed by atoms with E-state index in [0.29, 0.717) is 16.6 Å². The summed E-state index contributed by atoms with van der Waals surface area (Å²) < 4.78 is 25.1. The van der Waals surface area contributed by atoms with Gasteiger partial charge >= 0.3 is 0 Å². The fourth-order valence-electron chi connectivity index (χ4n) is 2.00. The highest BCUT2D eigenvalue weighted by atomic mass is 35.5. The van der Waals surface area contributed by atoms with Gasteiger partial charge in [0.15, 0.2) is 0 Å². The van der Waals surface area contributed by atoms with Gasteiger partial charge in [-0.3, -0.25) is 4.79 Å². The Morgan fingerprint density at radius 2 is 1.88 bits per heavy atom. The number of aromatic nitrogens is 1. The normalized spacial score (nSPS) is 11.5. The van der Waals surface area contributed by atoms with Crippen molar-refractivity contribution in [3.05, 3.63) is 53.2 Å². The lowest BCUT2D eigenvalue weighted by Gasteiger charge is -2.11. The number of benzene rings is 1. The number of nitrogens with zero attached hydrogens (tertiary/aromatic N) is 2. The topological polar surface area (TPSA) is 79.4 Å². The van der Waals surface area contributed by atoms with E-state index in [0.717, 1.165) is 16.3 Å². The Bertz CT molecular complexity index is 839. The monoisotopic (exact) mass is 413 g/mol. The van der Waals surface area contributed by atoms with Gasteiger partial charge < -0.3 is 5.32 Å². The fourth-order valence-corrected chi connectivity index (χ4v) is 3.65. The van der Waals surface area contributed by atoms with Crippen LogP contribution in [0.2, 0.25) is 5.02 Å². The standard InChI is InChI=1S/C17H20ClN3O3S2/c1-21(2)26(23,24)15-7-8-17(20-11-15)25-12-16(22)19-10-9-13-3-5-14(18)6-4-13/h3-8,11H,9-10,12H2,1-2H3,(H,19,22). The highest BCUT2D eigenvalue weighted by molar-refractivity contribution is 7.99. The number of carbonyl (C=O) groups excluding carboxylic acids is 1. The molecule has 1 heterocycles. The molecule has 2 aromatic rings. The van der Waals surface area contributed by atoms with Crippen LogP contribution in [0.3, 0.4) is 0 Å². The number of sulfonamides is 1. The molecule has 6 nitrogen and oxygen atoms in total. The smallest absolute Gasteiger partial charge is 0.244 e. The SMILES string of the molecule is CN(C)S(=O)(=O)c1ccc(SCC(=O)NCCc2ccc(Cl)cc2)nc1. The van der Waals surface area contributed by atoms with Gasteiger partial charge in [0.2, 0.25) is 15.9 Å². The van der Waals surface area contributed by atoms with Crippen LogP contribution in [-0.2, 0) is 21.2 Å². The van der Waals surface area contributed by atoms with E-state index in [2.05, 4.69) is 10.3 Å². The molecule has 0 aliphatic heterocycles. The van der Waals surface area contributed by atoms with Gasteiger partial charge in [-0.1, -0.05) is 35.5 Å². The number of nitrogens with one attached hydrogen (secondary N) is 1. The molecule has 0 saturated carbocycles. The Morgan fingerprint density at radius 1 is 1.19 bits per heavy atom. The van der Waals surface area contributed by atoms with Crippen LogP contribution < -0.4 is 5.32 Å². The predicted octanol–water partition coefficient (Wildman–Crippen LogP) is 2.44. The minimum absolute atomic E-state index is 0.101. The highest BCUT2D eigenvalue weighted by Gasteiger charge is 2.17. The van der Waals surface area contributed by atoms with Crippen molar-refractivity contribution in [1.82, 2.24) is 14.6 Å². The first kappa shape index (κ1) is 20.7. The van der Waals surface area contributed by atoms with Crippen molar-refractivity contribution in [2.75, 3.05) is 26.4 Å². The summed E-state index contributed by atoms with van der Waals surface area (Å²) in [5.74, 6) is 0.115. The first-order valence-electron chi connectivity index (χ1n) is 7.81. The van der Waals surface area contributed by atoms with Crippen molar-refractivity contribution < 1.29 is 13.2 Å². The van der Waals surface area contributed by atoms with Crippen LogP contribution in [0.5, 0.6) is 0 Å². The van der Waals surface area contributed by atoms with E-state index in [4.69, 9.17) is 11.6 Å². The molecule has 9 heteroatoms. The molecule has 0 fully saturated rings. The maximum absolute atomic E-state index is 12.0. The summed E-state index contributed by atoms with van der Waals surface area (Å²) >= 11 is 7.09. The number of halogens is 1. The first-order chi connectivity index (χ1) is 12.3. The quantitative estimate of drug-likeness (QED) is 0.672. The van der Waals surface area contributed by atoms with E-state index < -0.39 is 10.0 Å². The highest BCUT2D eigenvalue weighted by Crippen LogP contribution is 2.18.